The molecule has 1 aromatic rings. The van der Waals surface area contributed by atoms with E-state index in [0.717, 1.165) is 24.3 Å². The number of nitrogens with two attached hydrogens (primary N) is 1. The lowest BCUT2D eigenvalue weighted by molar-refractivity contribution is 0.00559. The average Bonchev–Trinajstić information content (AvgIpc) is 2.45. The summed E-state index contributed by atoms with van der Waals surface area (Å²) >= 11 is 0. The highest BCUT2D eigenvalue weighted by Crippen LogP contribution is 2.29. The predicted molar refractivity (Wildman–Crippen MR) is 75.3 cm³/mol. The third kappa shape index (κ3) is 4.29. The van der Waals surface area contributed by atoms with Crippen LogP contribution in [0.25, 0.3) is 0 Å². The summed E-state index contributed by atoms with van der Waals surface area (Å²) in [4.78, 5) is 0. The molecule has 2 nitrogen and oxygen atoms in total. The number of rotatable bonds is 5. The third-order valence-corrected chi connectivity index (χ3v) is 4.10. The fraction of sp³-hybridized carbons (Fsp3) is 0.625. The van der Waals surface area contributed by atoms with Crippen LogP contribution in [0, 0.1) is 11.7 Å². The van der Waals surface area contributed by atoms with E-state index in [0.29, 0.717) is 12.7 Å². The lowest BCUT2D eigenvalue weighted by atomic mass is 9.85. The van der Waals surface area contributed by atoms with Gasteiger partial charge in [0.1, 0.15) is 5.82 Å². The smallest absolute Gasteiger partial charge is 0.123 e. The van der Waals surface area contributed by atoms with E-state index in [1.807, 2.05) is 6.07 Å². The number of benzene rings is 1. The van der Waals surface area contributed by atoms with E-state index in [1.165, 1.54) is 31.4 Å². The van der Waals surface area contributed by atoms with Crippen LogP contribution in [0.1, 0.15) is 50.6 Å². The lowest BCUT2D eigenvalue weighted by Gasteiger charge is -2.29. The number of halogens is 1. The zero-order valence-corrected chi connectivity index (χ0v) is 11.6. The van der Waals surface area contributed by atoms with E-state index in [2.05, 4.69) is 6.92 Å². The molecule has 1 aliphatic rings. The highest BCUT2D eigenvalue weighted by atomic mass is 19.1. The molecule has 2 rings (SSSR count). The molecule has 19 heavy (non-hydrogen) atoms. The van der Waals surface area contributed by atoms with Crippen LogP contribution in [0.2, 0.25) is 0 Å². The molecule has 0 aliphatic heterocycles. The van der Waals surface area contributed by atoms with E-state index in [1.54, 1.807) is 6.07 Å². The van der Waals surface area contributed by atoms with Gasteiger partial charge in [0.15, 0.2) is 0 Å². The van der Waals surface area contributed by atoms with Crippen molar-refractivity contribution in [3.05, 3.63) is 35.6 Å². The Hall–Kier alpha value is -0.930. The highest BCUT2D eigenvalue weighted by molar-refractivity contribution is 5.19. The Morgan fingerprint density at radius 1 is 1.42 bits per heavy atom. The van der Waals surface area contributed by atoms with E-state index in [-0.39, 0.29) is 11.9 Å². The maximum Gasteiger partial charge on any atom is 0.123 e. The Morgan fingerprint density at radius 3 is 3.00 bits per heavy atom. The Morgan fingerprint density at radius 2 is 2.26 bits per heavy atom. The maximum atomic E-state index is 13.1. The van der Waals surface area contributed by atoms with Gasteiger partial charge in [0.05, 0.1) is 18.8 Å². The van der Waals surface area contributed by atoms with Crippen LogP contribution in [0.4, 0.5) is 4.39 Å². The van der Waals surface area contributed by atoms with E-state index < -0.39 is 0 Å². The minimum atomic E-state index is -0.239. The molecule has 2 N–H and O–H groups in total. The first-order valence-corrected chi connectivity index (χ1v) is 7.31. The summed E-state index contributed by atoms with van der Waals surface area (Å²) in [6.45, 7) is 2.72. The average molecular weight is 265 g/mol. The molecule has 1 aliphatic carbocycles. The van der Waals surface area contributed by atoms with Gasteiger partial charge in [-0.25, -0.2) is 4.39 Å². The molecule has 0 spiro atoms. The van der Waals surface area contributed by atoms with E-state index in [9.17, 15) is 4.39 Å². The first-order valence-electron chi connectivity index (χ1n) is 7.31. The number of ether oxygens (including phenoxy) is 1. The molecule has 3 unspecified atom stereocenters. The topological polar surface area (TPSA) is 35.2 Å². The summed E-state index contributed by atoms with van der Waals surface area (Å²) in [5.74, 6) is 0.556. The summed E-state index contributed by atoms with van der Waals surface area (Å²) < 4.78 is 19.0. The van der Waals surface area contributed by atoms with Gasteiger partial charge in [-0.2, -0.15) is 0 Å². The molecule has 106 valence electrons. The Bertz CT molecular complexity index is 396. The SMILES string of the molecule is CCC1CCCC(OCC(N)c2cccc(F)c2)C1. The van der Waals surface area contributed by atoms with Gasteiger partial charge in [-0.15, -0.1) is 0 Å². The Balaban J connectivity index is 1.81. The van der Waals surface area contributed by atoms with Crippen molar-refractivity contribution in [3.8, 4) is 0 Å². The van der Waals surface area contributed by atoms with Crippen molar-refractivity contribution in [3.63, 3.8) is 0 Å². The van der Waals surface area contributed by atoms with Crippen molar-refractivity contribution >= 4 is 0 Å². The number of hydrogen-bond donors (Lipinski definition) is 1. The van der Waals surface area contributed by atoms with Gasteiger partial charge in [0.2, 0.25) is 0 Å². The second kappa shape index (κ2) is 7.01. The minimum Gasteiger partial charge on any atom is -0.376 e. The van der Waals surface area contributed by atoms with Crippen molar-refractivity contribution in [2.45, 2.75) is 51.2 Å². The van der Waals surface area contributed by atoms with Crippen molar-refractivity contribution in [1.29, 1.82) is 0 Å². The van der Waals surface area contributed by atoms with Gasteiger partial charge >= 0.3 is 0 Å². The molecule has 0 radical (unpaired) electrons. The molecule has 0 aromatic heterocycles. The van der Waals surface area contributed by atoms with Gasteiger partial charge < -0.3 is 10.5 Å². The van der Waals surface area contributed by atoms with Crippen molar-refractivity contribution in [2.24, 2.45) is 11.7 Å². The van der Waals surface area contributed by atoms with Crippen molar-refractivity contribution in [2.75, 3.05) is 6.61 Å². The quantitative estimate of drug-likeness (QED) is 0.878. The van der Waals surface area contributed by atoms with E-state index in [4.69, 9.17) is 10.5 Å². The fourth-order valence-electron chi connectivity index (χ4n) is 2.84. The summed E-state index contributed by atoms with van der Waals surface area (Å²) in [7, 11) is 0. The van der Waals surface area contributed by atoms with Crippen LogP contribution < -0.4 is 5.73 Å². The first kappa shape index (κ1) is 14.5. The molecular weight excluding hydrogens is 241 g/mol. The molecule has 0 heterocycles. The molecule has 1 aromatic carbocycles. The maximum absolute atomic E-state index is 13.1. The third-order valence-electron chi connectivity index (χ3n) is 4.10. The highest BCUT2D eigenvalue weighted by Gasteiger charge is 2.22. The van der Waals surface area contributed by atoms with Crippen LogP contribution >= 0.6 is 0 Å². The summed E-state index contributed by atoms with van der Waals surface area (Å²) in [6.07, 6.45) is 6.41. The van der Waals surface area contributed by atoms with Gasteiger partial charge in [0, 0.05) is 0 Å². The zero-order valence-electron chi connectivity index (χ0n) is 11.6. The normalized spacial score (nSPS) is 25.2. The van der Waals surface area contributed by atoms with Gasteiger partial charge in [-0.05, 0) is 36.5 Å². The lowest BCUT2D eigenvalue weighted by Crippen LogP contribution is -2.27. The Labute approximate surface area is 115 Å². The van der Waals surface area contributed by atoms with Crippen molar-refractivity contribution < 1.29 is 9.13 Å². The van der Waals surface area contributed by atoms with Gasteiger partial charge in [0.25, 0.3) is 0 Å². The largest absolute Gasteiger partial charge is 0.376 e. The molecule has 1 fully saturated rings. The van der Waals surface area contributed by atoms with Crippen LogP contribution in [0.5, 0.6) is 0 Å². The predicted octanol–water partition coefficient (Wildman–Crippen LogP) is 3.81. The second-order valence-electron chi connectivity index (χ2n) is 5.56. The second-order valence-corrected chi connectivity index (χ2v) is 5.56. The van der Waals surface area contributed by atoms with Crippen molar-refractivity contribution in [1.82, 2.24) is 0 Å². The first-order chi connectivity index (χ1) is 9.19. The van der Waals surface area contributed by atoms with Gasteiger partial charge in [-0.3, -0.25) is 0 Å². The standard InChI is InChI=1S/C16H24FNO/c1-2-12-5-3-8-15(9-12)19-11-16(18)13-6-4-7-14(17)10-13/h4,6-7,10,12,15-16H,2-3,5,8-9,11,18H2,1H3. The molecule has 0 saturated heterocycles. The van der Waals surface area contributed by atoms with Crippen LogP contribution in [-0.4, -0.2) is 12.7 Å². The van der Waals surface area contributed by atoms with Crippen LogP contribution in [-0.2, 0) is 4.74 Å². The van der Waals surface area contributed by atoms with Gasteiger partial charge in [-0.1, -0.05) is 38.3 Å². The molecule has 0 bridgehead atoms. The molecule has 3 heteroatoms. The monoisotopic (exact) mass is 265 g/mol. The number of hydrogen-bond acceptors (Lipinski definition) is 2. The van der Waals surface area contributed by atoms with Crippen LogP contribution in [0.15, 0.2) is 24.3 Å². The minimum absolute atomic E-state index is 0.238. The van der Waals surface area contributed by atoms with E-state index >= 15 is 0 Å². The van der Waals surface area contributed by atoms with Crippen LogP contribution in [0.3, 0.4) is 0 Å². The molecule has 0 amide bonds. The Kier molecular flexibility index (Phi) is 5.34. The summed E-state index contributed by atoms with van der Waals surface area (Å²) in [5, 5.41) is 0. The summed E-state index contributed by atoms with van der Waals surface area (Å²) in [5.41, 5.74) is 6.86. The molecule has 3 atom stereocenters. The molecule has 1 saturated carbocycles. The zero-order chi connectivity index (χ0) is 13.7. The fourth-order valence-corrected chi connectivity index (χ4v) is 2.84. The molecular formula is C16H24FNO. The summed E-state index contributed by atoms with van der Waals surface area (Å²) in [6, 6.07) is 6.23.